The van der Waals surface area contributed by atoms with Gasteiger partial charge in [-0.3, -0.25) is 14.6 Å². The van der Waals surface area contributed by atoms with Crippen molar-refractivity contribution in [3.63, 3.8) is 0 Å². The molecule has 2 saturated heterocycles. The number of hydrogen-bond donors (Lipinski definition) is 1. The third kappa shape index (κ3) is 5.55. The number of hydrogen-bond acceptors (Lipinski definition) is 3. The molecular weight excluding hydrogens is 310 g/mol. The molecule has 0 unspecified atom stereocenters. The molecule has 4 heteroatoms. The Bertz CT molecular complexity index is 525. The number of likely N-dealkylation sites (tertiary alicyclic amines) is 2. The van der Waals surface area contributed by atoms with Crippen molar-refractivity contribution in [3.05, 3.63) is 35.9 Å². The highest BCUT2D eigenvalue weighted by molar-refractivity contribution is 5.78. The van der Waals surface area contributed by atoms with Crippen LogP contribution in [0.15, 0.2) is 30.3 Å². The standard InChI is InChI=1S/C21H33N3O/c1-18-7-5-6-13-24(18)16-12-22-21(25)20-10-14-23(15-11-20)17-19-8-3-2-4-9-19/h2-4,8-9,18,20H,5-7,10-17H2,1H3,(H,22,25)/t18-/m1/s1. The van der Waals surface area contributed by atoms with Gasteiger partial charge in [-0.25, -0.2) is 0 Å². The van der Waals surface area contributed by atoms with Crippen LogP contribution in [0.2, 0.25) is 0 Å². The lowest BCUT2D eigenvalue weighted by Gasteiger charge is -2.34. The minimum absolute atomic E-state index is 0.200. The Hall–Kier alpha value is -1.39. The normalized spacial score (nSPS) is 23.5. The maximum absolute atomic E-state index is 12.4. The lowest BCUT2D eigenvalue weighted by molar-refractivity contribution is -0.126. The van der Waals surface area contributed by atoms with Crippen molar-refractivity contribution in [1.82, 2.24) is 15.1 Å². The summed E-state index contributed by atoms with van der Waals surface area (Å²) in [5, 5.41) is 3.19. The summed E-state index contributed by atoms with van der Waals surface area (Å²) in [6, 6.07) is 11.3. The largest absolute Gasteiger partial charge is 0.355 e. The van der Waals surface area contributed by atoms with Gasteiger partial charge in [-0.1, -0.05) is 36.8 Å². The van der Waals surface area contributed by atoms with Gasteiger partial charge in [0, 0.05) is 31.6 Å². The Morgan fingerprint density at radius 2 is 1.84 bits per heavy atom. The molecule has 138 valence electrons. The van der Waals surface area contributed by atoms with Crippen molar-refractivity contribution in [3.8, 4) is 0 Å². The van der Waals surface area contributed by atoms with Crippen LogP contribution in [0, 0.1) is 5.92 Å². The Balaban J connectivity index is 1.34. The highest BCUT2D eigenvalue weighted by Crippen LogP contribution is 2.19. The number of piperidine rings is 2. The van der Waals surface area contributed by atoms with E-state index in [1.54, 1.807) is 0 Å². The molecule has 1 atom stereocenters. The first-order valence-corrected chi connectivity index (χ1v) is 10.0. The Labute approximate surface area is 152 Å². The van der Waals surface area contributed by atoms with E-state index in [-0.39, 0.29) is 11.8 Å². The van der Waals surface area contributed by atoms with Gasteiger partial charge in [-0.05, 0) is 57.8 Å². The van der Waals surface area contributed by atoms with Crippen molar-refractivity contribution in [2.24, 2.45) is 5.92 Å². The van der Waals surface area contributed by atoms with Crippen molar-refractivity contribution in [2.75, 3.05) is 32.7 Å². The maximum atomic E-state index is 12.4. The molecule has 0 bridgehead atoms. The van der Waals surface area contributed by atoms with Crippen LogP contribution in [0.25, 0.3) is 0 Å². The Morgan fingerprint density at radius 3 is 2.56 bits per heavy atom. The Kier molecular flexibility index (Phi) is 6.88. The highest BCUT2D eigenvalue weighted by atomic mass is 16.1. The van der Waals surface area contributed by atoms with Crippen LogP contribution < -0.4 is 5.32 Å². The molecule has 2 aliphatic heterocycles. The molecule has 1 N–H and O–H groups in total. The summed E-state index contributed by atoms with van der Waals surface area (Å²) in [5.41, 5.74) is 1.36. The van der Waals surface area contributed by atoms with Crippen molar-refractivity contribution in [1.29, 1.82) is 0 Å². The van der Waals surface area contributed by atoms with Crippen LogP contribution in [-0.2, 0) is 11.3 Å². The van der Waals surface area contributed by atoms with Crippen molar-refractivity contribution < 1.29 is 4.79 Å². The molecule has 2 fully saturated rings. The van der Waals surface area contributed by atoms with E-state index in [2.05, 4.69) is 52.4 Å². The zero-order valence-electron chi connectivity index (χ0n) is 15.6. The van der Waals surface area contributed by atoms with E-state index in [1.807, 2.05) is 0 Å². The van der Waals surface area contributed by atoms with E-state index >= 15 is 0 Å². The van der Waals surface area contributed by atoms with Crippen molar-refractivity contribution >= 4 is 5.91 Å². The van der Waals surface area contributed by atoms with E-state index < -0.39 is 0 Å². The predicted octanol–water partition coefficient (Wildman–Crippen LogP) is 2.89. The quantitative estimate of drug-likeness (QED) is 0.863. The second-order valence-corrected chi connectivity index (χ2v) is 7.71. The molecule has 0 saturated carbocycles. The van der Waals surface area contributed by atoms with Gasteiger partial charge in [0.05, 0.1) is 0 Å². The maximum Gasteiger partial charge on any atom is 0.223 e. The number of benzene rings is 1. The minimum Gasteiger partial charge on any atom is -0.355 e. The number of amides is 1. The fraction of sp³-hybridized carbons (Fsp3) is 0.667. The predicted molar refractivity (Wildman–Crippen MR) is 102 cm³/mol. The minimum atomic E-state index is 0.200. The molecular formula is C21H33N3O. The molecule has 0 aliphatic carbocycles. The third-order valence-corrected chi connectivity index (χ3v) is 5.85. The number of carbonyl (C=O) groups excluding carboxylic acids is 1. The molecule has 1 amide bonds. The van der Waals surface area contributed by atoms with E-state index in [1.165, 1.54) is 31.4 Å². The monoisotopic (exact) mass is 343 g/mol. The summed E-state index contributed by atoms with van der Waals surface area (Å²) in [7, 11) is 0. The van der Waals surface area contributed by atoms with Gasteiger partial charge in [-0.2, -0.15) is 0 Å². The summed E-state index contributed by atoms with van der Waals surface area (Å²) in [4.78, 5) is 17.4. The lowest BCUT2D eigenvalue weighted by atomic mass is 9.95. The number of nitrogens with one attached hydrogen (secondary N) is 1. The second kappa shape index (κ2) is 9.35. The molecule has 0 radical (unpaired) electrons. The van der Waals surface area contributed by atoms with E-state index in [4.69, 9.17) is 0 Å². The molecule has 3 rings (SSSR count). The number of nitrogens with zero attached hydrogens (tertiary/aromatic N) is 2. The first-order chi connectivity index (χ1) is 12.2. The lowest BCUT2D eigenvalue weighted by Crippen LogP contribution is -2.45. The molecule has 2 aliphatic rings. The summed E-state index contributed by atoms with van der Waals surface area (Å²) < 4.78 is 0. The zero-order chi connectivity index (χ0) is 17.5. The molecule has 1 aromatic rings. The summed E-state index contributed by atoms with van der Waals surface area (Å²) >= 11 is 0. The van der Waals surface area contributed by atoms with Gasteiger partial charge in [0.25, 0.3) is 0 Å². The third-order valence-electron chi connectivity index (χ3n) is 5.85. The molecule has 25 heavy (non-hydrogen) atoms. The Morgan fingerprint density at radius 1 is 1.08 bits per heavy atom. The summed E-state index contributed by atoms with van der Waals surface area (Å²) in [5.74, 6) is 0.467. The second-order valence-electron chi connectivity index (χ2n) is 7.71. The SMILES string of the molecule is C[C@@H]1CCCCN1CCNC(=O)C1CCN(Cc2ccccc2)CC1. The van der Waals surface area contributed by atoms with Crippen LogP contribution in [0.1, 0.15) is 44.6 Å². The van der Waals surface area contributed by atoms with E-state index in [9.17, 15) is 4.79 Å². The average molecular weight is 344 g/mol. The summed E-state index contributed by atoms with van der Waals surface area (Å²) in [6.45, 7) is 8.35. The zero-order valence-corrected chi connectivity index (χ0v) is 15.6. The van der Waals surface area contributed by atoms with E-state index in [0.29, 0.717) is 6.04 Å². The fourth-order valence-electron chi connectivity index (χ4n) is 4.15. The van der Waals surface area contributed by atoms with Gasteiger partial charge >= 0.3 is 0 Å². The summed E-state index contributed by atoms with van der Waals surface area (Å²) in [6.07, 6.45) is 5.93. The molecule has 1 aromatic carbocycles. The number of rotatable bonds is 6. The van der Waals surface area contributed by atoms with Crippen LogP contribution in [0.3, 0.4) is 0 Å². The van der Waals surface area contributed by atoms with Gasteiger partial charge in [0.2, 0.25) is 5.91 Å². The smallest absolute Gasteiger partial charge is 0.223 e. The molecule has 2 heterocycles. The van der Waals surface area contributed by atoms with Crippen LogP contribution in [-0.4, -0.2) is 54.5 Å². The first kappa shape index (κ1) is 18.4. The molecule has 4 nitrogen and oxygen atoms in total. The van der Waals surface area contributed by atoms with Crippen LogP contribution in [0.5, 0.6) is 0 Å². The van der Waals surface area contributed by atoms with Crippen LogP contribution in [0.4, 0.5) is 0 Å². The van der Waals surface area contributed by atoms with Gasteiger partial charge in [0.15, 0.2) is 0 Å². The van der Waals surface area contributed by atoms with Crippen molar-refractivity contribution in [2.45, 2.75) is 51.6 Å². The van der Waals surface area contributed by atoms with Gasteiger partial charge in [-0.15, -0.1) is 0 Å². The highest BCUT2D eigenvalue weighted by Gasteiger charge is 2.25. The number of carbonyl (C=O) groups is 1. The average Bonchev–Trinajstić information content (AvgIpc) is 2.65. The van der Waals surface area contributed by atoms with Gasteiger partial charge < -0.3 is 5.32 Å². The van der Waals surface area contributed by atoms with Gasteiger partial charge in [0.1, 0.15) is 0 Å². The molecule has 0 spiro atoms. The fourth-order valence-corrected chi connectivity index (χ4v) is 4.15. The topological polar surface area (TPSA) is 35.6 Å². The first-order valence-electron chi connectivity index (χ1n) is 10.0. The molecule has 0 aromatic heterocycles. The van der Waals surface area contributed by atoms with Crippen LogP contribution >= 0.6 is 0 Å². The van der Waals surface area contributed by atoms with E-state index in [0.717, 1.165) is 45.6 Å².